The average molecular weight is 317 g/mol. The normalized spacial score (nSPS) is 12.5. The third kappa shape index (κ3) is 4.73. The number of aromatic nitrogens is 6. The third-order valence-corrected chi connectivity index (χ3v) is 3.70. The molecule has 0 saturated carbocycles. The number of hydrogen-bond donors (Lipinski definition) is 2. The molecule has 0 saturated heterocycles. The van der Waals surface area contributed by atoms with Crippen LogP contribution in [0.2, 0.25) is 0 Å². The zero-order valence-electron chi connectivity index (χ0n) is 14.2. The Morgan fingerprint density at radius 1 is 1.43 bits per heavy atom. The van der Waals surface area contributed by atoms with Crippen molar-refractivity contribution in [1.29, 1.82) is 0 Å². The number of carbonyl (C=O) groups is 1. The lowest BCUT2D eigenvalue weighted by molar-refractivity contribution is -0.112. The summed E-state index contributed by atoms with van der Waals surface area (Å²) in [6.45, 7) is 10.7. The zero-order valence-corrected chi connectivity index (χ0v) is 14.2. The standard InChI is InChI=1S/C15H23N7O/c1-10(15(3,4)5)8-14(23)16-13-9-11(2)22(19-13)7-6-12-17-20-21-18-12/h8-9H,6-7H2,1-5H3,(H,16,19,23)(H,17,18,20,21)/b10-8+. The van der Waals surface area contributed by atoms with Gasteiger partial charge in [-0.05, 0) is 19.3 Å². The van der Waals surface area contributed by atoms with E-state index in [-0.39, 0.29) is 11.3 Å². The predicted molar refractivity (Wildman–Crippen MR) is 86.7 cm³/mol. The molecule has 2 N–H and O–H groups in total. The fourth-order valence-corrected chi connectivity index (χ4v) is 1.87. The van der Waals surface area contributed by atoms with Gasteiger partial charge in [-0.2, -0.15) is 10.3 Å². The van der Waals surface area contributed by atoms with Crippen molar-refractivity contribution in [3.05, 3.63) is 29.2 Å². The Hall–Kier alpha value is -2.51. The summed E-state index contributed by atoms with van der Waals surface area (Å²) in [7, 11) is 0. The van der Waals surface area contributed by atoms with E-state index in [0.29, 0.717) is 24.6 Å². The highest BCUT2D eigenvalue weighted by Crippen LogP contribution is 2.24. The van der Waals surface area contributed by atoms with Crippen molar-refractivity contribution in [2.75, 3.05) is 5.32 Å². The predicted octanol–water partition coefficient (Wildman–Crippen LogP) is 1.88. The first-order valence-corrected chi connectivity index (χ1v) is 7.52. The summed E-state index contributed by atoms with van der Waals surface area (Å²) in [5.74, 6) is 1.01. The highest BCUT2D eigenvalue weighted by Gasteiger charge is 2.14. The fourth-order valence-electron chi connectivity index (χ4n) is 1.87. The number of amides is 1. The molecule has 8 nitrogen and oxygen atoms in total. The molecule has 8 heteroatoms. The van der Waals surface area contributed by atoms with Crippen LogP contribution in [0.5, 0.6) is 0 Å². The van der Waals surface area contributed by atoms with Gasteiger partial charge in [0.1, 0.15) is 0 Å². The van der Waals surface area contributed by atoms with Crippen LogP contribution in [0.25, 0.3) is 0 Å². The van der Waals surface area contributed by atoms with Gasteiger partial charge in [0.05, 0.1) is 0 Å². The summed E-state index contributed by atoms with van der Waals surface area (Å²) in [6, 6.07) is 1.84. The minimum absolute atomic E-state index is 0.0305. The largest absolute Gasteiger partial charge is 0.306 e. The molecule has 0 spiro atoms. The van der Waals surface area contributed by atoms with Gasteiger partial charge in [0.25, 0.3) is 0 Å². The number of carbonyl (C=O) groups excluding carboxylic acids is 1. The monoisotopic (exact) mass is 317 g/mol. The molecular formula is C15H23N7O. The van der Waals surface area contributed by atoms with Crippen LogP contribution in [0.1, 0.15) is 39.2 Å². The highest BCUT2D eigenvalue weighted by atomic mass is 16.1. The molecule has 124 valence electrons. The summed E-state index contributed by atoms with van der Waals surface area (Å²) in [5, 5.41) is 20.9. The second kappa shape index (κ2) is 6.72. The van der Waals surface area contributed by atoms with Gasteiger partial charge in [-0.1, -0.05) is 31.6 Å². The third-order valence-electron chi connectivity index (χ3n) is 3.70. The molecule has 0 bridgehead atoms. The van der Waals surface area contributed by atoms with E-state index in [1.54, 1.807) is 6.08 Å². The van der Waals surface area contributed by atoms with Crippen LogP contribution in [0.3, 0.4) is 0 Å². The lowest BCUT2D eigenvalue weighted by Crippen LogP contribution is -2.14. The number of hydrogen-bond acceptors (Lipinski definition) is 5. The van der Waals surface area contributed by atoms with E-state index in [0.717, 1.165) is 11.3 Å². The topological polar surface area (TPSA) is 101 Å². The molecule has 1 amide bonds. The van der Waals surface area contributed by atoms with Gasteiger partial charge in [-0.3, -0.25) is 9.48 Å². The number of rotatable bonds is 5. The first kappa shape index (κ1) is 16.9. The molecule has 0 atom stereocenters. The molecule has 2 heterocycles. The number of allylic oxidation sites excluding steroid dienone is 1. The summed E-state index contributed by atoms with van der Waals surface area (Å²) in [6.07, 6.45) is 2.24. The van der Waals surface area contributed by atoms with Gasteiger partial charge in [0.15, 0.2) is 11.6 Å². The van der Waals surface area contributed by atoms with Crippen molar-refractivity contribution in [2.24, 2.45) is 5.41 Å². The molecule has 0 aliphatic rings. The Kier molecular flexibility index (Phi) is 4.92. The molecule has 0 aliphatic heterocycles. The highest BCUT2D eigenvalue weighted by molar-refractivity contribution is 5.99. The minimum Gasteiger partial charge on any atom is -0.306 e. The SMILES string of the molecule is C/C(=C\C(=O)Nc1cc(C)n(CCc2nn[nH]n2)n1)C(C)(C)C. The molecular weight excluding hydrogens is 294 g/mol. The number of tetrazole rings is 1. The Labute approximate surface area is 135 Å². The van der Waals surface area contributed by atoms with E-state index >= 15 is 0 Å². The Balaban J connectivity index is 1.99. The average Bonchev–Trinajstić information content (AvgIpc) is 3.05. The van der Waals surface area contributed by atoms with Crippen LogP contribution in [0, 0.1) is 12.3 Å². The van der Waals surface area contributed by atoms with Gasteiger partial charge in [-0.15, -0.1) is 10.2 Å². The van der Waals surface area contributed by atoms with Gasteiger partial charge in [-0.25, -0.2) is 0 Å². The maximum Gasteiger partial charge on any atom is 0.249 e. The maximum atomic E-state index is 12.1. The van der Waals surface area contributed by atoms with Crippen LogP contribution < -0.4 is 5.32 Å². The quantitative estimate of drug-likeness (QED) is 0.820. The van der Waals surface area contributed by atoms with E-state index in [4.69, 9.17) is 0 Å². The van der Waals surface area contributed by atoms with Crippen LogP contribution in [0.4, 0.5) is 5.82 Å². The van der Waals surface area contributed by atoms with E-state index in [1.807, 2.05) is 24.6 Å². The maximum absolute atomic E-state index is 12.1. The van der Waals surface area contributed by atoms with Crippen molar-refractivity contribution in [3.63, 3.8) is 0 Å². The van der Waals surface area contributed by atoms with Crippen molar-refractivity contribution < 1.29 is 4.79 Å². The van der Waals surface area contributed by atoms with Crippen molar-refractivity contribution in [2.45, 2.75) is 47.6 Å². The molecule has 2 aromatic rings. The first-order valence-electron chi connectivity index (χ1n) is 7.52. The number of nitrogens with one attached hydrogen (secondary N) is 2. The Morgan fingerprint density at radius 3 is 2.78 bits per heavy atom. The van der Waals surface area contributed by atoms with E-state index in [2.05, 4.69) is 51.8 Å². The molecule has 0 aliphatic carbocycles. The second-order valence-electron chi connectivity index (χ2n) is 6.54. The van der Waals surface area contributed by atoms with E-state index in [1.165, 1.54) is 0 Å². The number of aryl methyl sites for hydroxylation is 3. The van der Waals surface area contributed by atoms with Gasteiger partial charge in [0.2, 0.25) is 5.91 Å². The summed E-state index contributed by atoms with van der Waals surface area (Å²) < 4.78 is 1.81. The number of H-pyrrole nitrogens is 1. The Bertz CT molecular complexity index is 692. The molecule has 0 fully saturated rings. The van der Waals surface area contributed by atoms with Crippen molar-refractivity contribution in [3.8, 4) is 0 Å². The van der Waals surface area contributed by atoms with Crippen LogP contribution >= 0.6 is 0 Å². The molecule has 2 aromatic heterocycles. The van der Waals surface area contributed by atoms with Crippen LogP contribution in [-0.4, -0.2) is 36.3 Å². The van der Waals surface area contributed by atoms with Gasteiger partial charge < -0.3 is 5.32 Å². The van der Waals surface area contributed by atoms with Crippen LogP contribution in [0.15, 0.2) is 17.7 Å². The minimum atomic E-state index is -0.166. The number of aromatic amines is 1. The zero-order chi connectivity index (χ0) is 17.0. The number of anilines is 1. The smallest absolute Gasteiger partial charge is 0.249 e. The summed E-state index contributed by atoms with van der Waals surface area (Å²) >= 11 is 0. The number of nitrogens with zero attached hydrogens (tertiary/aromatic N) is 5. The molecule has 2 rings (SSSR count). The van der Waals surface area contributed by atoms with Crippen molar-refractivity contribution >= 4 is 11.7 Å². The molecule has 0 radical (unpaired) electrons. The van der Waals surface area contributed by atoms with E-state index < -0.39 is 0 Å². The van der Waals surface area contributed by atoms with Crippen LogP contribution in [-0.2, 0) is 17.8 Å². The summed E-state index contributed by atoms with van der Waals surface area (Å²) in [4.78, 5) is 12.1. The van der Waals surface area contributed by atoms with Crippen molar-refractivity contribution in [1.82, 2.24) is 30.4 Å². The van der Waals surface area contributed by atoms with Gasteiger partial charge in [0, 0.05) is 30.8 Å². The second-order valence-corrected chi connectivity index (χ2v) is 6.54. The fraction of sp³-hybridized carbons (Fsp3) is 0.533. The lowest BCUT2D eigenvalue weighted by Gasteiger charge is -2.18. The van der Waals surface area contributed by atoms with E-state index in [9.17, 15) is 4.79 Å². The Morgan fingerprint density at radius 2 is 2.17 bits per heavy atom. The summed E-state index contributed by atoms with van der Waals surface area (Å²) in [5.41, 5.74) is 1.94. The molecule has 23 heavy (non-hydrogen) atoms. The lowest BCUT2D eigenvalue weighted by atomic mass is 9.87. The van der Waals surface area contributed by atoms with Gasteiger partial charge >= 0.3 is 0 Å². The molecule has 0 aromatic carbocycles. The molecule has 0 unspecified atom stereocenters. The first-order chi connectivity index (χ1) is 10.8.